The number of pyridine rings is 1. The van der Waals surface area contributed by atoms with Gasteiger partial charge in [-0.1, -0.05) is 18.2 Å². The first-order chi connectivity index (χ1) is 14.4. The van der Waals surface area contributed by atoms with Crippen LogP contribution in [0.4, 0.5) is 4.39 Å². The second-order valence-corrected chi connectivity index (χ2v) is 10.4. The fourth-order valence-electron chi connectivity index (χ4n) is 4.49. The molecule has 1 aliphatic carbocycles. The van der Waals surface area contributed by atoms with E-state index in [9.17, 15) is 12.8 Å². The Kier molecular flexibility index (Phi) is 6.09. The monoisotopic (exact) mass is 446 g/mol. The van der Waals surface area contributed by atoms with Gasteiger partial charge in [0.2, 0.25) is 0 Å². The highest BCUT2D eigenvalue weighted by Gasteiger charge is 2.35. The molecule has 0 saturated heterocycles. The Hall–Kier alpha value is -2.02. The van der Waals surface area contributed by atoms with E-state index in [2.05, 4.69) is 4.98 Å². The molecule has 0 unspecified atom stereocenters. The van der Waals surface area contributed by atoms with Gasteiger partial charge in [-0.05, 0) is 98.2 Å². The molecule has 0 bridgehead atoms. The van der Waals surface area contributed by atoms with E-state index in [1.165, 1.54) is 6.07 Å². The van der Waals surface area contributed by atoms with E-state index in [4.69, 9.17) is 11.8 Å². The fourth-order valence-corrected chi connectivity index (χ4v) is 6.20. The summed E-state index contributed by atoms with van der Waals surface area (Å²) in [5.41, 5.74) is 1.91. The minimum Gasteiger partial charge on any atom is -0.256 e. The molecule has 1 aromatic heterocycles. The molecular formula is C23H24ClFN2O2S. The third kappa shape index (κ3) is 4.09. The quantitative estimate of drug-likeness (QED) is 0.460. The lowest BCUT2D eigenvalue weighted by Gasteiger charge is -2.35. The van der Waals surface area contributed by atoms with Gasteiger partial charge in [0.05, 0.1) is 10.4 Å². The third-order valence-electron chi connectivity index (χ3n) is 6.22. The minimum atomic E-state index is -3.74. The zero-order valence-corrected chi connectivity index (χ0v) is 18.3. The van der Waals surface area contributed by atoms with Crippen LogP contribution in [-0.2, 0) is 10.0 Å². The smallest absolute Gasteiger partial charge is 0.256 e. The molecule has 1 fully saturated rings. The predicted octanol–water partition coefficient (Wildman–Crippen LogP) is 5.88. The van der Waals surface area contributed by atoms with Gasteiger partial charge in [-0.2, -0.15) is 0 Å². The van der Waals surface area contributed by atoms with Crippen molar-refractivity contribution in [2.24, 2.45) is 5.92 Å². The number of nitrogens with zero attached hydrogens (tertiary/aromatic N) is 2. The molecule has 0 radical (unpaired) electrons. The van der Waals surface area contributed by atoms with Crippen molar-refractivity contribution < 1.29 is 12.8 Å². The summed E-state index contributed by atoms with van der Waals surface area (Å²) in [6.07, 6.45) is 5.30. The average Bonchev–Trinajstić information content (AvgIpc) is 2.78. The molecule has 7 heteroatoms. The summed E-state index contributed by atoms with van der Waals surface area (Å²) < 4.78 is 40.4. The molecule has 3 aromatic rings. The number of hydrogen-bond donors (Lipinski definition) is 0. The van der Waals surface area contributed by atoms with Gasteiger partial charge < -0.3 is 0 Å². The van der Waals surface area contributed by atoms with Gasteiger partial charge in [0.15, 0.2) is 0 Å². The van der Waals surface area contributed by atoms with Gasteiger partial charge in [0.1, 0.15) is 5.82 Å². The molecule has 4 rings (SSSR count). The summed E-state index contributed by atoms with van der Waals surface area (Å²) >= 11 is 6.34. The molecule has 30 heavy (non-hydrogen) atoms. The van der Waals surface area contributed by atoms with Gasteiger partial charge >= 0.3 is 0 Å². The maximum absolute atomic E-state index is 13.8. The molecule has 1 heterocycles. The molecule has 1 aliphatic rings. The van der Waals surface area contributed by atoms with Crippen molar-refractivity contribution in [3.8, 4) is 0 Å². The Bertz CT molecular complexity index is 1130. The Labute approximate surface area is 181 Å². The van der Waals surface area contributed by atoms with Crippen molar-refractivity contribution >= 4 is 32.7 Å². The second kappa shape index (κ2) is 8.61. The topological polar surface area (TPSA) is 50.3 Å². The van der Waals surface area contributed by atoms with Crippen molar-refractivity contribution in [2.45, 2.75) is 49.5 Å². The first-order valence-corrected chi connectivity index (χ1v) is 11.9. The van der Waals surface area contributed by atoms with Crippen molar-refractivity contribution in [2.75, 3.05) is 0 Å². The van der Waals surface area contributed by atoms with E-state index >= 15 is 0 Å². The predicted molar refractivity (Wildman–Crippen MR) is 117 cm³/mol. The second-order valence-electron chi connectivity index (χ2n) is 7.97. The standard InChI is InChI=1S/C23H24ClFN2O2S/c1-16(27(24)30(28,29)20-5-3-2-4-6-20)17-7-9-18(10-8-17)21-13-14-26-23-12-11-19(25)15-22(21)23/h2-6,11-18H,7-10H2,1H3/t16-,17?,18?/m1/s1. The van der Waals surface area contributed by atoms with Crippen LogP contribution in [0.1, 0.15) is 44.1 Å². The van der Waals surface area contributed by atoms with Gasteiger partial charge in [0, 0.05) is 17.6 Å². The molecule has 0 spiro atoms. The zero-order valence-electron chi connectivity index (χ0n) is 16.7. The summed E-state index contributed by atoms with van der Waals surface area (Å²) in [5, 5.41) is 0.861. The maximum Gasteiger partial charge on any atom is 0.256 e. The highest BCUT2D eigenvalue weighted by molar-refractivity contribution is 7.90. The number of halogens is 2. The lowest BCUT2D eigenvalue weighted by atomic mass is 9.76. The molecule has 1 saturated carbocycles. The van der Waals surface area contributed by atoms with E-state index in [1.54, 1.807) is 48.7 Å². The van der Waals surface area contributed by atoms with E-state index in [0.717, 1.165) is 46.0 Å². The summed E-state index contributed by atoms with van der Waals surface area (Å²) in [6, 6.07) is 14.6. The number of fused-ring (bicyclic) bond motifs is 1. The molecule has 158 valence electrons. The number of hydrogen-bond acceptors (Lipinski definition) is 3. The largest absolute Gasteiger partial charge is 0.256 e. The Morgan fingerprint density at radius 1 is 1.07 bits per heavy atom. The zero-order chi connectivity index (χ0) is 21.3. The van der Waals surface area contributed by atoms with Crippen LogP contribution >= 0.6 is 11.8 Å². The van der Waals surface area contributed by atoms with Crippen molar-refractivity contribution in [1.29, 1.82) is 0 Å². The molecule has 0 N–H and O–H groups in total. The van der Waals surface area contributed by atoms with Crippen LogP contribution in [0.5, 0.6) is 0 Å². The van der Waals surface area contributed by atoms with Gasteiger partial charge in [-0.3, -0.25) is 4.98 Å². The van der Waals surface area contributed by atoms with E-state index in [1.807, 2.05) is 13.0 Å². The van der Waals surface area contributed by atoms with Gasteiger partial charge in [0.25, 0.3) is 10.0 Å². The van der Waals surface area contributed by atoms with E-state index in [0.29, 0.717) is 5.92 Å². The van der Waals surface area contributed by atoms with Crippen LogP contribution in [0.15, 0.2) is 65.7 Å². The van der Waals surface area contributed by atoms with Crippen LogP contribution in [0.3, 0.4) is 0 Å². The molecule has 4 nitrogen and oxygen atoms in total. The van der Waals surface area contributed by atoms with E-state index in [-0.39, 0.29) is 22.7 Å². The van der Waals surface area contributed by atoms with Crippen molar-refractivity contribution in [3.63, 3.8) is 0 Å². The fraction of sp³-hybridized carbons (Fsp3) is 0.348. The van der Waals surface area contributed by atoms with Crippen molar-refractivity contribution in [3.05, 3.63) is 72.2 Å². The van der Waals surface area contributed by atoms with Crippen LogP contribution in [0, 0.1) is 11.7 Å². The first-order valence-electron chi connectivity index (χ1n) is 10.2. The summed E-state index contributed by atoms with van der Waals surface area (Å²) in [7, 11) is -3.74. The third-order valence-corrected chi connectivity index (χ3v) is 8.73. The van der Waals surface area contributed by atoms with Crippen LogP contribution < -0.4 is 0 Å². The number of rotatable bonds is 5. The SMILES string of the molecule is C[C@H](C1CCC(c2ccnc3ccc(F)cc23)CC1)N(Cl)S(=O)(=O)c1ccccc1. The van der Waals surface area contributed by atoms with E-state index < -0.39 is 10.0 Å². The van der Waals surface area contributed by atoms with Crippen LogP contribution in [0.2, 0.25) is 0 Å². The summed E-state index contributed by atoms with van der Waals surface area (Å²) in [6.45, 7) is 1.87. The lowest BCUT2D eigenvalue weighted by molar-refractivity contribution is 0.245. The average molecular weight is 447 g/mol. The summed E-state index contributed by atoms with van der Waals surface area (Å²) in [5.74, 6) is 0.209. The van der Waals surface area contributed by atoms with Gasteiger partial charge in [-0.25, -0.2) is 12.8 Å². The number of sulfonamides is 1. The Balaban J connectivity index is 1.48. The molecule has 1 atom stereocenters. The van der Waals surface area contributed by atoms with Crippen LogP contribution in [0.25, 0.3) is 10.9 Å². The highest BCUT2D eigenvalue weighted by atomic mass is 35.5. The molecule has 0 aliphatic heterocycles. The first kappa shape index (κ1) is 21.2. The Morgan fingerprint density at radius 2 is 1.77 bits per heavy atom. The van der Waals surface area contributed by atoms with Crippen molar-refractivity contribution in [1.82, 2.24) is 8.81 Å². The van der Waals surface area contributed by atoms with Crippen LogP contribution in [-0.4, -0.2) is 23.3 Å². The lowest BCUT2D eigenvalue weighted by Crippen LogP contribution is -2.37. The Morgan fingerprint density at radius 3 is 2.47 bits per heavy atom. The minimum absolute atomic E-state index is 0.169. The van der Waals surface area contributed by atoms with Gasteiger partial charge in [-0.15, -0.1) is 3.82 Å². The normalized spacial score (nSPS) is 21.1. The number of benzene rings is 2. The highest BCUT2D eigenvalue weighted by Crippen LogP contribution is 2.41. The molecule has 0 amide bonds. The molecule has 2 aromatic carbocycles. The molecular weight excluding hydrogens is 423 g/mol. The number of aromatic nitrogens is 1. The maximum atomic E-state index is 13.8. The summed E-state index contributed by atoms with van der Waals surface area (Å²) in [4.78, 5) is 4.54.